The molecule has 0 amide bonds. The Hall–Kier alpha value is -1.49. The predicted octanol–water partition coefficient (Wildman–Crippen LogP) is 2.17. The van der Waals surface area contributed by atoms with Gasteiger partial charge in [-0.3, -0.25) is 14.4 Å². The van der Waals surface area contributed by atoms with Crippen molar-refractivity contribution in [3.8, 4) is 0 Å². The van der Waals surface area contributed by atoms with Gasteiger partial charge in [0, 0.05) is 27.9 Å². The Labute approximate surface area is 173 Å². The van der Waals surface area contributed by atoms with Gasteiger partial charge in [0.2, 0.25) is 0 Å². The quantitative estimate of drug-likeness (QED) is 0.338. The average molecular weight is 435 g/mol. The van der Waals surface area contributed by atoms with Crippen LogP contribution in [0, 0.1) is 0 Å². The molecular weight excluding hydrogens is 400 g/mol. The SMILES string of the molecule is CO[C@H]1O[C@H](CO[Si](C)(C)C(C)(C)C)[C@@H](OC(C)=O)[C@H](OC(C)=O)[C@H]1OC(C)=O. The number of carbonyl (C=O) groups is 3. The van der Waals surface area contributed by atoms with E-state index in [1.807, 2.05) is 0 Å². The van der Waals surface area contributed by atoms with Crippen molar-refractivity contribution in [1.29, 1.82) is 0 Å². The zero-order valence-electron chi connectivity index (χ0n) is 18.8. The maximum atomic E-state index is 11.7. The molecule has 0 bridgehead atoms. The van der Waals surface area contributed by atoms with E-state index in [1.54, 1.807) is 0 Å². The largest absolute Gasteiger partial charge is 0.456 e. The van der Waals surface area contributed by atoms with Crippen LogP contribution < -0.4 is 0 Å². The first-order chi connectivity index (χ1) is 13.2. The fraction of sp³-hybridized carbons (Fsp3) is 0.842. The average Bonchev–Trinajstić information content (AvgIpc) is 2.54. The van der Waals surface area contributed by atoms with Gasteiger partial charge in [-0.05, 0) is 18.1 Å². The molecule has 9 nitrogen and oxygen atoms in total. The summed E-state index contributed by atoms with van der Waals surface area (Å²) in [6, 6.07) is 0. The highest BCUT2D eigenvalue weighted by Crippen LogP contribution is 2.37. The summed E-state index contributed by atoms with van der Waals surface area (Å²) >= 11 is 0. The molecule has 0 aromatic rings. The van der Waals surface area contributed by atoms with Gasteiger partial charge < -0.3 is 28.1 Å². The minimum absolute atomic E-state index is 0.0468. The second-order valence-corrected chi connectivity index (χ2v) is 13.4. The summed E-state index contributed by atoms with van der Waals surface area (Å²) in [4.78, 5) is 35.0. The van der Waals surface area contributed by atoms with E-state index >= 15 is 0 Å². The molecule has 0 unspecified atom stereocenters. The van der Waals surface area contributed by atoms with Crippen LogP contribution in [0.1, 0.15) is 41.5 Å². The van der Waals surface area contributed by atoms with Crippen molar-refractivity contribution in [3.05, 3.63) is 0 Å². The Morgan fingerprint density at radius 1 is 0.862 bits per heavy atom. The fourth-order valence-corrected chi connectivity index (χ4v) is 3.70. The van der Waals surface area contributed by atoms with Gasteiger partial charge in [-0.1, -0.05) is 20.8 Å². The first-order valence-corrected chi connectivity index (χ1v) is 12.4. The molecule has 0 aliphatic carbocycles. The van der Waals surface area contributed by atoms with Crippen LogP contribution in [0.15, 0.2) is 0 Å². The summed E-state index contributed by atoms with van der Waals surface area (Å²) in [6.45, 7) is 14.2. The number of carbonyl (C=O) groups excluding carboxylic acids is 3. The molecule has 0 aromatic heterocycles. The van der Waals surface area contributed by atoms with Crippen LogP contribution in [0.5, 0.6) is 0 Å². The van der Waals surface area contributed by atoms with Crippen LogP contribution in [-0.4, -0.2) is 70.6 Å². The lowest BCUT2D eigenvalue weighted by atomic mass is 9.98. The highest BCUT2D eigenvalue weighted by atomic mass is 28.4. The summed E-state index contributed by atoms with van der Waals surface area (Å²) in [7, 11) is -0.763. The molecule has 168 valence electrons. The third kappa shape index (κ3) is 7.05. The van der Waals surface area contributed by atoms with Crippen LogP contribution in [-0.2, 0) is 42.5 Å². The second kappa shape index (κ2) is 10.0. The highest BCUT2D eigenvalue weighted by molar-refractivity contribution is 6.74. The smallest absolute Gasteiger partial charge is 0.303 e. The van der Waals surface area contributed by atoms with E-state index in [4.69, 9.17) is 28.1 Å². The van der Waals surface area contributed by atoms with Gasteiger partial charge in [-0.15, -0.1) is 0 Å². The molecule has 1 aliphatic heterocycles. The Kier molecular flexibility index (Phi) is 8.82. The zero-order valence-corrected chi connectivity index (χ0v) is 19.8. The molecular formula is C19H34O9Si. The topological polar surface area (TPSA) is 107 Å². The van der Waals surface area contributed by atoms with E-state index in [2.05, 4.69) is 33.9 Å². The van der Waals surface area contributed by atoms with Gasteiger partial charge in [-0.2, -0.15) is 0 Å². The van der Waals surface area contributed by atoms with Gasteiger partial charge in [-0.25, -0.2) is 0 Å². The monoisotopic (exact) mass is 434 g/mol. The van der Waals surface area contributed by atoms with E-state index in [1.165, 1.54) is 27.9 Å². The van der Waals surface area contributed by atoms with Gasteiger partial charge in [0.1, 0.15) is 6.10 Å². The maximum absolute atomic E-state index is 11.7. The molecule has 0 N–H and O–H groups in total. The molecule has 5 atom stereocenters. The Bertz CT molecular complexity index is 599. The molecule has 1 saturated heterocycles. The second-order valence-electron chi connectivity index (χ2n) is 8.57. The van der Waals surface area contributed by atoms with Crippen molar-refractivity contribution in [2.45, 2.75) is 90.4 Å². The first kappa shape index (κ1) is 25.5. The van der Waals surface area contributed by atoms with E-state index in [9.17, 15) is 14.4 Å². The molecule has 1 aliphatic rings. The van der Waals surface area contributed by atoms with Gasteiger partial charge in [0.15, 0.2) is 32.9 Å². The lowest BCUT2D eigenvalue weighted by Crippen LogP contribution is -2.63. The molecule has 29 heavy (non-hydrogen) atoms. The third-order valence-electron chi connectivity index (χ3n) is 5.14. The number of hydrogen-bond acceptors (Lipinski definition) is 9. The molecule has 0 radical (unpaired) electrons. The van der Waals surface area contributed by atoms with Crippen LogP contribution in [0.2, 0.25) is 18.1 Å². The van der Waals surface area contributed by atoms with Crippen LogP contribution in [0.4, 0.5) is 0 Å². The minimum atomic E-state index is -2.14. The molecule has 1 rings (SSSR count). The normalized spacial score (nSPS) is 27.8. The van der Waals surface area contributed by atoms with Crippen LogP contribution in [0.3, 0.4) is 0 Å². The number of methoxy groups -OCH3 is 1. The minimum Gasteiger partial charge on any atom is -0.456 e. The van der Waals surface area contributed by atoms with E-state index < -0.39 is 56.9 Å². The molecule has 1 fully saturated rings. The summed E-state index contributed by atoms with van der Waals surface area (Å²) in [6.07, 6.45) is -5.05. The lowest BCUT2D eigenvalue weighted by Gasteiger charge is -2.45. The predicted molar refractivity (Wildman–Crippen MR) is 105 cm³/mol. The van der Waals surface area contributed by atoms with Crippen molar-refractivity contribution in [1.82, 2.24) is 0 Å². The Balaban J connectivity index is 3.23. The van der Waals surface area contributed by atoms with Crippen LogP contribution in [0.25, 0.3) is 0 Å². The molecule has 0 saturated carbocycles. The van der Waals surface area contributed by atoms with Crippen molar-refractivity contribution in [2.75, 3.05) is 13.7 Å². The molecule has 0 aromatic carbocycles. The first-order valence-electron chi connectivity index (χ1n) is 9.53. The third-order valence-corrected chi connectivity index (χ3v) is 9.64. The fourth-order valence-electron chi connectivity index (χ4n) is 2.69. The van der Waals surface area contributed by atoms with Crippen molar-refractivity contribution >= 4 is 26.2 Å². The number of ether oxygens (including phenoxy) is 5. The summed E-state index contributed by atoms with van der Waals surface area (Å²) in [5.74, 6) is -1.83. The number of hydrogen-bond donors (Lipinski definition) is 0. The zero-order chi connectivity index (χ0) is 22.6. The van der Waals surface area contributed by atoms with Crippen molar-refractivity contribution < 1.29 is 42.5 Å². The van der Waals surface area contributed by atoms with Gasteiger partial charge in [0.05, 0.1) is 6.61 Å². The molecule has 0 spiro atoms. The number of esters is 3. The molecule has 10 heteroatoms. The summed E-state index contributed by atoms with van der Waals surface area (Å²) < 4.78 is 33.5. The van der Waals surface area contributed by atoms with E-state index in [0.717, 1.165) is 0 Å². The molecule has 1 heterocycles. The lowest BCUT2D eigenvalue weighted by molar-refractivity contribution is -0.301. The van der Waals surface area contributed by atoms with E-state index in [-0.39, 0.29) is 11.6 Å². The van der Waals surface area contributed by atoms with E-state index in [0.29, 0.717) is 0 Å². The Morgan fingerprint density at radius 3 is 1.72 bits per heavy atom. The highest BCUT2D eigenvalue weighted by Gasteiger charge is 2.52. The van der Waals surface area contributed by atoms with Gasteiger partial charge in [0.25, 0.3) is 0 Å². The van der Waals surface area contributed by atoms with Crippen molar-refractivity contribution in [2.24, 2.45) is 0 Å². The summed E-state index contributed by atoms with van der Waals surface area (Å²) in [5, 5.41) is -0.0468. The van der Waals surface area contributed by atoms with Crippen molar-refractivity contribution in [3.63, 3.8) is 0 Å². The maximum Gasteiger partial charge on any atom is 0.303 e. The van der Waals surface area contributed by atoms with Crippen LogP contribution >= 0.6 is 0 Å². The summed E-state index contributed by atoms with van der Waals surface area (Å²) in [5.41, 5.74) is 0. The standard InChI is InChI=1S/C19H34O9Si/c1-11(20)25-15-14(10-24-29(8,9)19(4,5)6)28-18(23-7)17(27-13(3)22)16(15)26-12(2)21/h14-18H,10H2,1-9H3/t14-,15-,16+,17-,18+/m1/s1. The Morgan fingerprint density at radius 2 is 1.31 bits per heavy atom. The number of rotatable bonds is 7. The van der Waals surface area contributed by atoms with Gasteiger partial charge >= 0.3 is 17.9 Å².